The molecule has 2 heterocycles. The molecule has 7 nitrogen and oxygen atoms in total. The summed E-state index contributed by atoms with van der Waals surface area (Å²) < 4.78 is 11.1. The Bertz CT molecular complexity index is 898. The molecule has 172 valence electrons. The quantitative estimate of drug-likeness (QED) is 0.718. The first-order valence-electron chi connectivity index (χ1n) is 11.6. The minimum Gasteiger partial charge on any atom is -0.497 e. The molecule has 32 heavy (non-hydrogen) atoms. The second-order valence-corrected chi connectivity index (χ2v) is 8.36. The van der Waals surface area contributed by atoms with Crippen molar-refractivity contribution in [3.05, 3.63) is 48.5 Å². The topological polar surface area (TPSA) is 57.3 Å². The van der Waals surface area contributed by atoms with Crippen molar-refractivity contribution in [2.45, 2.75) is 13.3 Å². The number of methoxy groups -OCH3 is 1. The summed E-state index contributed by atoms with van der Waals surface area (Å²) >= 11 is 0. The summed E-state index contributed by atoms with van der Waals surface area (Å²) in [5, 5.41) is 3.17. The number of rotatable bonds is 7. The van der Waals surface area contributed by atoms with Crippen LogP contribution in [0.5, 0.6) is 11.5 Å². The number of anilines is 2. The zero-order valence-electron chi connectivity index (χ0n) is 19.1. The van der Waals surface area contributed by atoms with Crippen LogP contribution in [0.4, 0.5) is 16.2 Å². The number of carbonyl (C=O) groups excluding carboxylic acids is 1. The lowest BCUT2D eigenvalue weighted by Crippen LogP contribution is -2.52. The highest BCUT2D eigenvalue weighted by atomic mass is 16.5. The van der Waals surface area contributed by atoms with Crippen molar-refractivity contribution in [2.75, 3.05) is 69.3 Å². The van der Waals surface area contributed by atoms with Gasteiger partial charge in [-0.1, -0.05) is 18.2 Å². The van der Waals surface area contributed by atoms with E-state index < -0.39 is 0 Å². The first kappa shape index (κ1) is 22.1. The van der Waals surface area contributed by atoms with Crippen LogP contribution >= 0.6 is 0 Å². The van der Waals surface area contributed by atoms with Gasteiger partial charge in [0, 0.05) is 57.6 Å². The SMILES string of the molecule is CCOc1ccccc1N1CCN(C(=O)NCC2CCN(c3cccc(OC)c3)C2)CC1. The molecule has 0 saturated carbocycles. The highest BCUT2D eigenvalue weighted by Gasteiger charge is 2.26. The molecule has 0 aliphatic carbocycles. The third-order valence-electron chi connectivity index (χ3n) is 6.32. The summed E-state index contributed by atoms with van der Waals surface area (Å²) in [6.45, 7) is 8.37. The predicted molar refractivity (Wildman–Crippen MR) is 128 cm³/mol. The molecule has 2 aliphatic rings. The number of piperazine rings is 1. The van der Waals surface area contributed by atoms with E-state index in [1.165, 1.54) is 5.69 Å². The van der Waals surface area contributed by atoms with Gasteiger partial charge in [0.25, 0.3) is 0 Å². The van der Waals surface area contributed by atoms with Crippen LogP contribution in [-0.2, 0) is 0 Å². The molecule has 2 aromatic carbocycles. The maximum absolute atomic E-state index is 12.7. The van der Waals surface area contributed by atoms with E-state index in [-0.39, 0.29) is 6.03 Å². The number of benzene rings is 2. The van der Waals surface area contributed by atoms with E-state index in [1.807, 2.05) is 42.2 Å². The largest absolute Gasteiger partial charge is 0.497 e. The Balaban J connectivity index is 1.23. The van der Waals surface area contributed by atoms with E-state index >= 15 is 0 Å². The van der Waals surface area contributed by atoms with Crippen molar-refractivity contribution >= 4 is 17.4 Å². The predicted octanol–water partition coefficient (Wildman–Crippen LogP) is 3.45. The Morgan fingerprint density at radius 1 is 1.03 bits per heavy atom. The van der Waals surface area contributed by atoms with Crippen LogP contribution in [0.2, 0.25) is 0 Å². The van der Waals surface area contributed by atoms with Gasteiger partial charge in [0.05, 0.1) is 19.4 Å². The van der Waals surface area contributed by atoms with Gasteiger partial charge < -0.3 is 29.5 Å². The summed E-state index contributed by atoms with van der Waals surface area (Å²) in [4.78, 5) is 19.3. The molecule has 2 saturated heterocycles. The van der Waals surface area contributed by atoms with E-state index in [1.54, 1.807) is 7.11 Å². The summed E-state index contributed by atoms with van der Waals surface area (Å²) in [7, 11) is 1.69. The third-order valence-corrected chi connectivity index (χ3v) is 6.32. The van der Waals surface area contributed by atoms with E-state index in [9.17, 15) is 4.79 Å². The van der Waals surface area contributed by atoms with Gasteiger partial charge >= 0.3 is 6.03 Å². The molecule has 1 unspecified atom stereocenters. The van der Waals surface area contributed by atoms with Crippen molar-refractivity contribution < 1.29 is 14.3 Å². The lowest BCUT2D eigenvalue weighted by molar-refractivity contribution is 0.192. The Kier molecular flexibility index (Phi) is 7.24. The highest BCUT2D eigenvalue weighted by Crippen LogP contribution is 2.29. The third kappa shape index (κ3) is 5.21. The van der Waals surface area contributed by atoms with E-state index in [4.69, 9.17) is 9.47 Å². The molecular formula is C25H34N4O3. The molecule has 7 heteroatoms. The molecule has 4 rings (SSSR count). The first-order valence-corrected chi connectivity index (χ1v) is 11.6. The molecule has 2 fully saturated rings. The number of ether oxygens (including phenoxy) is 2. The summed E-state index contributed by atoms with van der Waals surface area (Å²) in [6.07, 6.45) is 1.08. The number of hydrogen-bond acceptors (Lipinski definition) is 5. The zero-order chi connectivity index (χ0) is 22.3. The number of para-hydroxylation sites is 2. The van der Waals surface area contributed by atoms with Crippen LogP contribution in [-0.4, -0.2) is 70.5 Å². The zero-order valence-corrected chi connectivity index (χ0v) is 19.1. The normalized spacial score (nSPS) is 18.6. The summed E-state index contributed by atoms with van der Waals surface area (Å²) in [5.41, 5.74) is 2.29. The van der Waals surface area contributed by atoms with Crippen molar-refractivity contribution in [3.63, 3.8) is 0 Å². The lowest BCUT2D eigenvalue weighted by Gasteiger charge is -2.36. The van der Waals surface area contributed by atoms with E-state index in [0.717, 1.165) is 49.8 Å². The molecular weight excluding hydrogens is 404 g/mol. The van der Waals surface area contributed by atoms with Gasteiger partial charge in [0.1, 0.15) is 11.5 Å². The fourth-order valence-corrected chi connectivity index (χ4v) is 4.53. The average molecular weight is 439 g/mol. The minimum absolute atomic E-state index is 0.0440. The molecule has 0 aromatic heterocycles. The molecule has 0 radical (unpaired) electrons. The van der Waals surface area contributed by atoms with Crippen molar-refractivity contribution in [1.82, 2.24) is 10.2 Å². The molecule has 2 amide bonds. The van der Waals surface area contributed by atoms with Crippen LogP contribution in [0.25, 0.3) is 0 Å². The smallest absolute Gasteiger partial charge is 0.317 e. The van der Waals surface area contributed by atoms with Crippen LogP contribution in [0.3, 0.4) is 0 Å². The fourth-order valence-electron chi connectivity index (χ4n) is 4.53. The number of urea groups is 1. The molecule has 2 aromatic rings. The molecule has 0 bridgehead atoms. The summed E-state index contributed by atoms with van der Waals surface area (Å²) in [6, 6.07) is 16.4. The van der Waals surface area contributed by atoms with E-state index in [2.05, 4.69) is 33.3 Å². The average Bonchev–Trinajstić information content (AvgIpc) is 3.32. The maximum Gasteiger partial charge on any atom is 0.317 e. The standard InChI is InChI=1S/C25H34N4O3/c1-3-32-24-10-5-4-9-23(24)27-13-15-28(16-14-27)25(30)26-18-20-11-12-29(19-20)21-7-6-8-22(17-21)31-2/h4-10,17,20H,3,11-16,18-19H2,1-2H3,(H,26,30). The summed E-state index contributed by atoms with van der Waals surface area (Å²) in [5.74, 6) is 2.25. The lowest BCUT2D eigenvalue weighted by atomic mass is 10.1. The van der Waals surface area contributed by atoms with Gasteiger partial charge in [-0.15, -0.1) is 0 Å². The Morgan fingerprint density at radius 2 is 1.84 bits per heavy atom. The Hall–Kier alpha value is -3.09. The minimum atomic E-state index is 0.0440. The van der Waals surface area contributed by atoms with Crippen LogP contribution in [0.1, 0.15) is 13.3 Å². The number of nitrogens with zero attached hydrogens (tertiary/aromatic N) is 3. The van der Waals surface area contributed by atoms with Crippen LogP contribution in [0.15, 0.2) is 48.5 Å². The second kappa shape index (κ2) is 10.5. The molecule has 1 atom stereocenters. The Labute approximate surface area is 190 Å². The maximum atomic E-state index is 12.7. The van der Waals surface area contributed by atoms with Crippen molar-refractivity contribution in [3.8, 4) is 11.5 Å². The van der Waals surface area contributed by atoms with Gasteiger partial charge in [0.15, 0.2) is 0 Å². The Morgan fingerprint density at radius 3 is 2.62 bits per heavy atom. The van der Waals surface area contributed by atoms with Gasteiger partial charge in [-0.2, -0.15) is 0 Å². The number of amides is 2. The monoisotopic (exact) mass is 438 g/mol. The van der Waals surface area contributed by atoms with Gasteiger partial charge in [-0.3, -0.25) is 0 Å². The van der Waals surface area contributed by atoms with Crippen LogP contribution in [0, 0.1) is 5.92 Å². The van der Waals surface area contributed by atoms with Crippen molar-refractivity contribution in [2.24, 2.45) is 5.92 Å². The van der Waals surface area contributed by atoms with Crippen molar-refractivity contribution in [1.29, 1.82) is 0 Å². The fraction of sp³-hybridized carbons (Fsp3) is 0.480. The number of nitrogens with one attached hydrogen (secondary N) is 1. The molecule has 1 N–H and O–H groups in total. The number of hydrogen-bond donors (Lipinski definition) is 1. The second-order valence-electron chi connectivity index (χ2n) is 8.36. The first-order chi connectivity index (χ1) is 15.7. The number of carbonyl (C=O) groups is 1. The van der Waals surface area contributed by atoms with Gasteiger partial charge in [-0.25, -0.2) is 4.79 Å². The molecule has 2 aliphatic heterocycles. The van der Waals surface area contributed by atoms with Crippen LogP contribution < -0.4 is 24.6 Å². The van der Waals surface area contributed by atoms with Gasteiger partial charge in [-0.05, 0) is 43.5 Å². The van der Waals surface area contributed by atoms with Gasteiger partial charge in [0.2, 0.25) is 0 Å². The highest BCUT2D eigenvalue weighted by molar-refractivity contribution is 5.74. The molecule has 0 spiro atoms. The van der Waals surface area contributed by atoms with E-state index in [0.29, 0.717) is 32.2 Å².